The maximum Gasteiger partial charge on any atom is 0.334 e. The molecule has 32 nitrogen and oxygen atoms in total. The number of aliphatic carboxylic acids is 2. The Morgan fingerprint density at radius 2 is 1.14 bits per heavy atom. The minimum atomic E-state index is -1.99. The monoisotopic (exact) mass is 1490 g/mol. The van der Waals surface area contributed by atoms with E-state index >= 15 is 0 Å². The molecule has 1 fully saturated rings. The predicted octanol–water partition coefficient (Wildman–Crippen LogP) is 1.72. The van der Waals surface area contributed by atoms with Crippen molar-refractivity contribution in [2.24, 2.45) is 23.3 Å². The Kier molecular flexibility index (Phi) is 39.2. The molecule has 14 atom stereocenters. The van der Waals surface area contributed by atoms with E-state index in [-0.39, 0.29) is 81.0 Å². The van der Waals surface area contributed by atoms with E-state index in [9.17, 15) is 92.7 Å². The Morgan fingerprint density at radius 3 is 1.73 bits per heavy atom. The van der Waals surface area contributed by atoms with Crippen LogP contribution in [-0.2, 0) is 80.0 Å². The van der Waals surface area contributed by atoms with Crippen LogP contribution in [0.15, 0.2) is 48.5 Å². The Balaban J connectivity index is 1.77. The Labute approximate surface area is 619 Å². The van der Waals surface area contributed by atoms with Gasteiger partial charge in [0.05, 0.1) is 6.10 Å². The lowest BCUT2D eigenvalue weighted by Crippen LogP contribution is -2.62. The Hall–Kier alpha value is -9.30. The Bertz CT molecular complexity index is 3250. The van der Waals surface area contributed by atoms with Crippen molar-refractivity contribution < 1.29 is 97.4 Å². The molecular formula is C74H114N12O20. The molecule has 2 aromatic carbocycles. The highest BCUT2D eigenvalue weighted by Gasteiger charge is 2.42. The number of ether oxygens (including phenoxy) is 1. The van der Waals surface area contributed by atoms with Gasteiger partial charge in [-0.25, -0.2) is 4.79 Å². The number of primary amides is 1. The third kappa shape index (κ3) is 31.0. The number of benzene rings is 2. The van der Waals surface area contributed by atoms with Gasteiger partial charge in [-0.2, -0.15) is 0 Å². The van der Waals surface area contributed by atoms with Crippen LogP contribution < -0.4 is 64.1 Å². The standard InChI is InChI=1S/C74H114N12O20/c1-7-10-11-12-13-14-15-16-17-20-43(4)23-35-58(89)71(102)80-53(33-37-60(91)92)66(97)78-51(21-18-39-75)64(95)82-56-42-47-26-30-49(31-27-47)106-74(105)62(44(5)8-2)84-68(99)55(41-46-24-28-48(88)29-25-46)83-67(98)52(32-36-59(76)90)79-70(101)57-22-19-40-86(57)73(104)50(9-3)77-65(96)54(34-38-61(93)94)81-72(103)63(45(6)87)85-69(56)100/h24-31,43-45,50-58,62-63,87-89H,7-23,32-42,75H2,1-6H3,(H2,76,90)(H,77,96)(H,78,97)(H,79,101)(H,80,102)(H,81,103)(H,82,95)(H,83,98)(H,84,99)(H,85,100)(H,91,92)(H,93,94)/t43?,44-,45+,50-,51-,52-,53-,54-,55-,56-,57-,58?,62-,63-/m0/s1. The van der Waals surface area contributed by atoms with Crippen molar-refractivity contribution in [2.45, 2.75) is 281 Å². The number of carboxylic acids is 2. The third-order valence-electron chi connectivity index (χ3n) is 19.2. The largest absolute Gasteiger partial charge is 0.508 e. The summed E-state index contributed by atoms with van der Waals surface area (Å²) in [6.07, 6.45) is 4.70. The molecule has 0 radical (unpaired) electrons. The van der Waals surface area contributed by atoms with Crippen molar-refractivity contribution in [3.63, 3.8) is 0 Å². The number of nitrogens with zero attached hydrogens (tertiary/aromatic N) is 1. The number of carboxylic acid groups (broad SMARTS) is 2. The van der Waals surface area contributed by atoms with E-state index in [1.165, 1.54) is 94.0 Å². The number of esters is 1. The summed E-state index contributed by atoms with van der Waals surface area (Å²) in [6.45, 7) is 10.1. The second kappa shape index (κ2) is 46.6. The number of aliphatic hydroxyl groups is 2. The fourth-order valence-electron chi connectivity index (χ4n) is 12.4. The second-order valence-corrected chi connectivity index (χ2v) is 27.9. The van der Waals surface area contributed by atoms with Crippen LogP contribution in [0.25, 0.3) is 0 Å². The molecule has 0 aliphatic carbocycles. The maximum absolute atomic E-state index is 14.9. The first-order valence-corrected chi connectivity index (χ1v) is 37.3. The second-order valence-electron chi connectivity index (χ2n) is 27.9. The number of fused-ring (bicyclic) bond motifs is 23. The number of nitrogens with one attached hydrogen (secondary N) is 9. The van der Waals surface area contributed by atoms with Crippen LogP contribution in [0, 0.1) is 11.8 Å². The van der Waals surface area contributed by atoms with Crippen molar-refractivity contribution in [2.75, 3.05) is 13.1 Å². The summed E-state index contributed by atoms with van der Waals surface area (Å²) >= 11 is 0. The van der Waals surface area contributed by atoms with Gasteiger partial charge in [0.2, 0.25) is 65.0 Å². The zero-order chi connectivity index (χ0) is 78.6. The minimum Gasteiger partial charge on any atom is -0.508 e. The first-order chi connectivity index (χ1) is 50.4. The first kappa shape index (κ1) is 89.1. The summed E-state index contributed by atoms with van der Waals surface area (Å²) in [6, 6.07) is -4.91. The van der Waals surface area contributed by atoms with E-state index in [2.05, 4.69) is 54.8 Å². The van der Waals surface area contributed by atoms with Gasteiger partial charge in [0.15, 0.2) is 0 Å². The number of carbonyl (C=O) groups is 14. The summed E-state index contributed by atoms with van der Waals surface area (Å²) in [5.74, 6) is -15.4. The molecule has 2 bridgehead atoms. The molecule has 106 heavy (non-hydrogen) atoms. The number of rotatable bonds is 37. The number of aromatic hydroxyl groups is 1. The van der Waals surface area contributed by atoms with Crippen LogP contribution in [0.3, 0.4) is 0 Å². The highest BCUT2D eigenvalue weighted by molar-refractivity contribution is 6.00. The summed E-state index contributed by atoms with van der Waals surface area (Å²) in [7, 11) is 0. The molecule has 32 heteroatoms. The molecule has 1 saturated heterocycles. The lowest BCUT2D eigenvalue weighted by Gasteiger charge is -2.31. The molecule has 0 saturated carbocycles. The van der Waals surface area contributed by atoms with Crippen molar-refractivity contribution in [1.29, 1.82) is 0 Å². The average Bonchev–Trinajstić information content (AvgIpc) is 1.61. The summed E-state index contributed by atoms with van der Waals surface area (Å²) in [5.41, 5.74) is 12.1. The van der Waals surface area contributed by atoms with Crippen molar-refractivity contribution >= 4 is 82.9 Å². The van der Waals surface area contributed by atoms with Gasteiger partial charge < -0.3 is 94.5 Å². The van der Waals surface area contributed by atoms with Gasteiger partial charge in [0.25, 0.3) is 0 Å². The van der Waals surface area contributed by atoms with E-state index in [4.69, 9.17) is 16.2 Å². The molecular weight excluding hydrogens is 1380 g/mol. The zero-order valence-electron chi connectivity index (χ0n) is 62.0. The molecule has 2 unspecified atom stereocenters. The van der Waals surface area contributed by atoms with E-state index in [0.29, 0.717) is 18.4 Å². The van der Waals surface area contributed by atoms with Gasteiger partial charge in [-0.1, -0.05) is 130 Å². The molecule has 3 heterocycles. The average molecular weight is 1490 g/mol. The van der Waals surface area contributed by atoms with E-state index in [0.717, 1.165) is 37.5 Å². The van der Waals surface area contributed by atoms with Gasteiger partial charge in [-0.05, 0) is 125 Å². The number of nitrogens with two attached hydrogens (primary N) is 2. The van der Waals surface area contributed by atoms with Crippen LogP contribution in [0.4, 0.5) is 0 Å². The van der Waals surface area contributed by atoms with Crippen LogP contribution in [0.1, 0.15) is 207 Å². The molecule has 3 aliphatic heterocycles. The minimum absolute atomic E-state index is 0.0292. The molecule has 11 amide bonds. The molecule has 0 spiro atoms. The number of phenolic OH excluding ortho intramolecular Hbond substituents is 1. The summed E-state index contributed by atoms with van der Waals surface area (Å²) in [4.78, 5) is 196. The summed E-state index contributed by atoms with van der Waals surface area (Å²) in [5, 5.41) is 74.6. The van der Waals surface area contributed by atoms with E-state index in [1.807, 2.05) is 6.92 Å². The lowest BCUT2D eigenvalue weighted by atomic mass is 9.95. The third-order valence-corrected chi connectivity index (χ3v) is 19.2. The fraction of sp³-hybridized carbons (Fsp3) is 0.649. The van der Waals surface area contributed by atoms with Crippen molar-refractivity contribution in [3.8, 4) is 11.5 Å². The van der Waals surface area contributed by atoms with Crippen LogP contribution in [0.5, 0.6) is 11.5 Å². The first-order valence-electron chi connectivity index (χ1n) is 37.3. The SMILES string of the molecule is CCCCCCCCCCCC(C)CCC(O)C(=O)N[C@@H](CCC(=O)O)C(=O)N[C@@H](CCCN)C(=O)N[C@H]1Cc2ccc(cc2)OC(=O)[C@H]([C@@H](C)CC)NC(=O)[C@H](Cc2ccc(O)cc2)NC(=O)[C@H](CCC(N)=O)NC(=O)[C@@H]2CCCN2C(=O)[C@H](CC)NC(=O)[C@H](CCC(=O)O)NC(=O)[C@H]([C@@H](C)O)NC1=O. The molecule has 590 valence electrons. The lowest BCUT2D eigenvalue weighted by molar-refractivity contribution is -0.143. The van der Waals surface area contributed by atoms with Crippen molar-refractivity contribution in [1.82, 2.24) is 52.8 Å². The Morgan fingerprint density at radius 1 is 0.585 bits per heavy atom. The smallest absolute Gasteiger partial charge is 0.334 e. The number of phenols is 1. The van der Waals surface area contributed by atoms with Crippen molar-refractivity contribution in [3.05, 3.63) is 59.7 Å². The number of amides is 11. The molecule has 18 N–H and O–H groups in total. The quantitative estimate of drug-likeness (QED) is 0.0198. The van der Waals surface area contributed by atoms with Crippen LogP contribution in [-0.4, -0.2) is 199 Å². The molecule has 0 aromatic heterocycles. The fourth-order valence-corrected chi connectivity index (χ4v) is 12.4. The van der Waals surface area contributed by atoms with Gasteiger partial charge >= 0.3 is 17.9 Å². The predicted molar refractivity (Wildman–Crippen MR) is 388 cm³/mol. The summed E-state index contributed by atoms with van der Waals surface area (Å²) < 4.78 is 5.83. The highest BCUT2D eigenvalue weighted by atomic mass is 16.5. The highest BCUT2D eigenvalue weighted by Crippen LogP contribution is 2.24. The van der Waals surface area contributed by atoms with Gasteiger partial charge in [-0.3, -0.25) is 62.3 Å². The van der Waals surface area contributed by atoms with Gasteiger partial charge in [0, 0.05) is 38.6 Å². The maximum atomic E-state index is 14.9. The molecule has 3 aliphatic rings. The number of unbranched alkanes of at least 4 members (excludes halogenated alkanes) is 8. The topological polar surface area (TPSA) is 513 Å². The van der Waals surface area contributed by atoms with Gasteiger partial charge in [-0.15, -0.1) is 0 Å². The van der Waals surface area contributed by atoms with Crippen LogP contribution in [0.2, 0.25) is 0 Å². The van der Waals surface area contributed by atoms with Gasteiger partial charge in [0.1, 0.15) is 78.0 Å². The normalized spacial score (nSPS) is 22.1. The number of carbonyl (C=O) groups excluding carboxylic acids is 12. The number of hydrogen-bond acceptors (Lipinski definition) is 19. The van der Waals surface area contributed by atoms with E-state index < -0.39 is 206 Å². The van der Waals surface area contributed by atoms with Crippen LogP contribution >= 0.6 is 0 Å². The molecule has 5 rings (SSSR count). The zero-order valence-corrected chi connectivity index (χ0v) is 62.0. The molecule has 2 aromatic rings. The number of hydrogen-bond donors (Lipinski definition) is 16. The van der Waals surface area contributed by atoms with E-state index in [1.54, 1.807) is 13.8 Å². The number of aliphatic hydroxyl groups excluding tert-OH is 2.